The maximum Gasteiger partial charge on any atom is 0.271 e. The third-order valence-electron chi connectivity index (χ3n) is 2.86. The molecular weight excluding hydrogens is 270 g/mol. The fraction of sp³-hybridized carbons (Fsp3) is 0.267. The van der Waals surface area contributed by atoms with Gasteiger partial charge in [0.1, 0.15) is 5.69 Å². The van der Waals surface area contributed by atoms with Crippen molar-refractivity contribution in [3.05, 3.63) is 63.6 Å². The Morgan fingerprint density at radius 3 is 2.52 bits per heavy atom. The summed E-state index contributed by atoms with van der Waals surface area (Å²) >= 11 is 0. The lowest BCUT2D eigenvalue weighted by molar-refractivity contribution is 0.0944. The minimum Gasteiger partial charge on any atom is -0.377 e. The molecule has 1 aromatic carbocycles. The Hall–Kier alpha value is -2.47. The van der Waals surface area contributed by atoms with Gasteiger partial charge in [-0.2, -0.15) is 5.10 Å². The van der Waals surface area contributed by atoms with E-state index in [1.165, 1.54) is 12.1 Å². The Balaban J connectivity index is 1.89. The van der Waals surface area contributed by atoms with Gasteiger partial charge >= 0.3 is 0 Å². The molecule has 6 nitrogen and oxygen atoms in total. The molecule has 1 heterocycles. The molecule has 0 radical (unpaired) electrons. The van der Waals surface area contributed by atoms with E-state index in [-0.39, 0.29) is 17.2 Å². The first kappa shape index (κ1) is 14.9. The highest BCUT2D eigenvalue weighted by molar-refractivity contribution is 5.91. The fourth-order valence-electron chi connectivity index (χ4n) is 1.72. The molecule has 6 heteroatoms. The average molecular weight is 287 g/mol. The molecule has 0 fully saturated rings. The Labute approximate surface area is 122 Å². The Morgan fingerprint density at radius 1 is 1.19 bits per heavy atom. The van der Waals surface area contributed by atoms with Crippen LogP contribution in [-0.2, 0) is 17.9 Å². The summed E-state index contributed by atoms with van der Waals surface area (Å²) in [6.45, 7) is 3.62. The highest BCUT2D eigenvalue weighted by Crippen LogP contribution is 2.06. The topological polar surface area (TPSA) is 84.1 Å². The van der Waals surface area contributed by atoms with Crippen molar-refractivity contribution >= 4 is 5.91 Å². The van der Waals surface area contributed by atoms with E-state index >= 15 is 0 Å². The lowest BCUT2D eigenvalue weighted by Crippen LogP contribution is -2.25. The first-order chi connectivity index (χ1) is 10.2. The van der Waals surface area contributed by atoms with E-state index in [1.807, 2.05) is 31.2 Å². The van der Waals surface area contributed by atoms with E-state index < -0.39 is 0 Å². The highest BCUT2D eigenvalue weighted by Gasteiger charge is 2.06. The molecule has 2 N–H and O–H groups in total. The van der Waals surface area contributed by atoms with Crippen molar-refractivity contribution in [2.45, 2.75) is 20.1 Å². The van der Waals surface area contributed by atoms with E-state index in [0.717, 1.165) is 11.1 Å². The van der Waals surface area contributed by atoms with Gasteiger partial charge in [-0.25, -0.2) is 5.10 Å². The van der Waals surface area contributed by atoms with Crippen molar-refractivity contribution in [2.75, 3.05) is 6.61 Å². The highest BCUT2D eigenvalue weighted by atomic mass is 16.5. The monoisotopic (exact) mass is 287 g/mol. The van der Waals surface area contributed by atoms with Gasteiger partial charge in [-0.1, -0.05) is 24.3 Å². The smallest absolute Gasteiger partial charge is 0.271 e. The Bertz CT molecular complexity index is 629. The van der Waals surface area contributed by atoms with Crippen LogP contribution in [0.1, 0.15) is 28.5 Å². The second-order valence-corrected chi connectivity index (χ2v) is 4.44. The summed E-state index contributed by atoms with van der Waals surface area (Å²) in [5, 5.41) is 8.64. The van der Waals surface area contributed by atoms with Crippen LogP contribution in [0.15, 0.2) is 41.2 Å². The maximum absolute atomic E-state index is 11.8. The number of amides is 1. The number of ether oxygens (including phenoxy) is 1. The van der Waals surface area contributed by atoms with Crippen molar-refractivity contribution in [1.82, 2.24) is 15.5 Å². The zero-order chi connectivity index (χ0) is 15.1. The minimum atomic E-state index is -0.337. The number of carbonyl (C=O) groups excluding carboxylic acids is 1. The van der Waals surface area contributed by atoms with E-state index in [2.05, 4.69) is 15.5 Å². The zero-order valence-electron chi connectivity index (χ0n) is 11.8. The summed E-state index contributed by atoms with van der Waals surface area (Å²) in [6, 6.07) is 10.5. The van der Waals surface area contributed by atoms with Crippen LogP contribution in [0.4, 0.5) is 0 Å². The van der Waals surface area contributed by atoms with Crippen LogP contribution in [0.3, 0.4) is 0 Å². The predicted octanol–water partition coefficient (Wildman–Crippen LogP) is 1.24. The first-order valence-electron chi connectivity index (χ1n) is 6.68. The number of rotatable bonds is 6. The second kappa shape index (κ2) is 7.35. The van der Waals surface area contributed by atoms with Gasteiger partial charge in [-0.05, 0) is 24.1 Å². The van der Waals surface area contributed by atoms with E-state index in [9.17, 15) is 9.59 Å². The molecule has 0 bridgehead atoms. The van der Waals surface area contributed by atoms with Crippen LogP contribution in [-0.4, -0.2) is 22.7 Å². The van der Waals surface area contributed by atoms with Crippen LogP contribution in [0.2, 0.25) is 0 Å². The van der Waals surface area contributed by atoms with Gasteiger partial charge in [0.2, 0.25) is 0 Å². The number of nitrogens with zero attached hydrogens (tertiary/aromatic N) is 1. The van der Waals surface area contributed by atoms with Crippen molar-refractivity contribution in [1.29, 1.82) is 0 Å². The number of carbonyl (C=O) groups is 1. The molecule has 2 aromatic rings. The van der Waals surface area contributed by atoms with Crippen molar-refractivity contribution < 1.29 is 9.53 Å². The van der Waals surface area contributed by atoms with Gasteiger partial charge in [0, 0.05) is 19.2 Å². The number of H-pyrrole nitrogens is 1. The maximum atomic E-state index is 11.8. The molecule has 0 saturated carbocycles. The number of benzene rings is 1. The van der Waals surface area contributed by atoms with Gasteiger partial charge < -0.3 is 10.1 Å². The second-order valence-electron chi connectivity index (χ2n) is 4.44. The summed E-state index contributed by atoms with van der Waals surface area (Å²) in [5.74, 6) is -0.329. The van der Waals surface area contributed by atoms with Crippen LogP contribution >= 0.6 is 0 Å². The molecule has 0 unspecified atom stereocenters. The third kappa shape index (κ3) is 4.54. The van der Waals surface area contributed by atoms with Gasteiger partial charge in [-0.15, -0.1) is 0 Å². The number of aromatic amines is 1. The molecule has 0 aliphatic carbocycles. The molecule has 0 aliphatic rings. The lowest BCUT2D eigenvalue weighted by atomic mass is 10.1. The minimum absolute atomic E-state index is 0.183. The summed E-state index contributed by atoms with van der Waals surface area (Å²) in [7, 11) is 0. The molecule has 0 spiro atoms. The van der Waals surface area contributed by atoms with Crippen LogP contribution in [0.25, 0.3) is 0 Å². The van der Waals surface area contributed by atoms with Crippen molar-refractivity contribution in [3.63, 3.8) is 0 Å². The number of nitrogens with one attached hydrogen (secondary N) is 2. The summed E-state index contributed by atoms with van der Waals surface area (Å²) < 4.78 is 5.32. The molecular formula is C15H17N3O3. The van der Waals surface area contributed by atoms with E-state index in [0.29, 0.717) is 19.8 Å². The number of hydrogen-bond acceptors (Lipinski definition) is 4. The lowest BCUT2D eigenvalue weighted by Gasteiger charge is -2.06. The van der Waals surface area contributed by atoms with Crippen molar-refractivity contribution in [3.8, 4) is 0 Å². The first-order valence-corrected chi connectivity index (χ1v) is 6.68. The summed E-state index contributed by atoms with van der Waals surface area (Å²) in [6.07, 6.45) is 0. The molecule has 1 aromatic heterocycles. The normalized spacial score (nSPS) is 10.3. The standard InChI is InChI=1S/C15H17N3O3/c1-2-21-10-12-5-3-11(4-6-12)9-16-15(20)13-7-8-14(19)18-17-13/h3-8H,2,9-10H2,1H3,(H,16,20)(H,18,19). The SMILES string of the molecule is CCOCc1ccc(CNC(=O)c2ccc(=O)[nH]n2)cc1. The number of aromatic nitrogens is 2. The van der Waals surface area contributed by atoms with Gasteiger partial charge in [0.25, 0.3) is 11.5 Å². The largest absolute Gasteiger partial charge is 0.377 e. The molecule has 2 rings (SSSR count). The molecule has 0 atom stereocenters. The number of hydrogen-bond donors (Lipinski definition) is 2. The third-order valence-corrected chi connectivity index (χ3v) is 2.86. The molecule has 1 amide bonds. The summed E-state index contributed by atoms with van der Waals surface area (Å²) in [4.78, 5) is 22.7. The average Bonchev–Trinajstić information content (AvgIpc) is 2.52. The Morgan fingerprint density at radius 2 is 1.90 bits per heavy atom. The molecule has 110 valence electrons. The molecule has 0 saturated heterocycles. The Kier molecular flexibility index (Phi) is 5.22. The van der Waals surface area contributed by atoms with E-state index in [1.54, 1.807) is 0 Å². The predicted molar refractivity (Wildman–Crippen MR) is 77.8 cm³/mol. The van der Waals surface area contributed by atoms with Gasteiger partial charge in [-0.3, -0.25) is 9.59 Å². The van der Waals surface area contributed by atoms with Gasteiger partial charge in [0.05, 0.1) is 6.61 Å². The fourth-order valence-corrected chi connectivity index (χ4v) is 1.72. The van der Waals surface area contributed by atoms with Crippen molar-refractivity contribution in [2.24, 2.45) is 0 Å². The molecule has 21 heavy (non-hydrogen) atoms. The summed E-state index contributed by atoms with van der Waals surface area (Å²) in [5.41, 5.74) is 1.92. The quantitative estimate of drug-likeness (QED) is 0.837. The van der Waals surface area contributed by atoms with Gasteiger partial charge in [0.15, 0.2) is 0 Å². The van der Waals surface area contributed by atoms with Crippen LogP contribution in [0, 0.1) is 0 Å². The van der Waals surface area contributed by atoms with Crippen LogP contribution < -0.4 is 10.9 Å². The van der Waals surface area contributed by atoms with Crippen LogP contribution in [0.5, 0.6) is 0 Å². The molecule has 0 aliphatic heterocycles. The zero-order valence-corrected chi connectivity index (χ0v) is 11.8. The van der Waals surface area contributed by atoms with E-state index in [4.69, 9.17) is 4.74 Å².